The van der Waals surface area contributed by atoms with Crippen LogP contribution in [-0.4, -0.2) is 34.4 Å². The first-order chi connectivity index (χ1) is 7.41. The van der Waals surface area contributed by atoms with E-state index in [0.717, 1.165) is 0 Å². The average molecular weight is 226 g/mol. The maximum atomic E-state index is 11.4. The lowest BCUT2D eigenvalue weighted by Crippen LogP contribution is -2.23. The number of rotatable bonds is 3. The van der Waals surface area contributed by atoms with Gasteiger partial charge in [0.2, 0.25) is 5.78 Å². The Morgan fingerprint density at radius 2 is 1.81 bits per heavy atom. The molecule has 0 aromatic rings. The standard InChI is InChI=1S/C10H10O6/c1-3-16-10(15)9(14)5-6(11)4(2)7(12)8(5)13/h11H,3H2,1-2H3,(H,12,13). The third-order valence-electron chi connectivity index (χ3n) is 2.08. The van der Waals surface area contributed by atoms with Gasteiger partial charge in [-0.05, 0) is 13.8 Å². The molecule has 0 radical (unpaired) electrons. The maximum absolute atomic E-state index is 11.4. The Kier molecular flexibility index (Phi) is 3.12. The molecule has 16 heavy (non-hydrogen) atoms. The van der Waals surface area contributed by atoms with Crippen LogP contribution in [0.15, 0.2) is 22.7 Å². The molecule has 0 amide bonds. The van der Waals surface area contributed by atoms with Gasteiger partial charge in [-0.25, -0.2) is 4.79 Å². The van der Waals surface area contributed by atoms with E-state index in [1.807, 2.05) is 0 Å². The highest BCUT2D eigenvalue weighted by atomic mass is 16.5. The second-order valence-electron chi connectivity index (χ2n) is 3.08. The number of esters is 1. The summed E-state index contributed by atoms with van der Waals surface area (Å²) >= 11 is 0. The van der Waals surface area contributed by atoms with Crippen molar-refractivity contribution in [3.63, 3.8) is 0 Å². The summed E-state index contributed by atoms with van der Waals surface area (Å²) in [4.78, 5) is 33.8. The van der Waals surface area contributed by atoms with E-state index < -0.39 is 34.6 Å². The highest BCUT2D eigenvalue weighted by Gasteiger charge is 2.38. The van der Waals surface area contributed by atoms with Crippen LogP contribution in [0, 0.1) is 0 Å². The fourth-order valence-electron chi connectivity index (χ4n) is 1.21. The van der Waals surface area contributed by atoms with E-state index in [4.69, 9.17) is 0 Å². The summed E-state index contributed by atoms with van der Waals surface area (Å²) < 4.78 is 4.40. The van der Waals surface area contributed by atoms with Gasteiger partial charge in [0.1, 0.15) is 11.3 Å². The van der Waals surface area contributed by atoms with Crippen LogP contribution in [0.2, 0.25) is 0 Å². The molecule has 0 atom stereocenters. The lowest BCUT2D eigenvalue weighted by atomic mass is 10.1. The fourth-order valence-corrected chi connectivity index (χ4v) is 1.21. The van der Waals surface area contributed by atoms with Crippen molar-refractivity contribution in [1.82, 2.24) is 0 Å². The zero-order chi connectivity index (χ0) is 12.5. The van der Waals surface area contributed by atoms with Gasteiger partial charge in [0.05, 0.1) is 6.61 Å². The van der Waals surface area contributed by atoms with Crippen LogP contribution in [0.4, 0.5) is 0 Å². The summed E-state index contributed by atoms with van der Waals surface area (Å²) in [6.45, 7) is 2.73. The topological polar surface area (TPSA) is 101 Å². The predicted octanol–water partition coefficient (Wildman–Crippen LogP) is 0.345. The van der Waals surface area contributed by atoms with Gasteiger partial charge in [-0.15, -0.1) is 0 Å². The summed E-state index contributed by atoms with van der Waals surface area (Å²) in [5, 5.41) is 18.6. The third kappa shape index (κ3) is 1.69. The van der Waals surface area contributed by atoms with Gasteiger partial charge in [-0.3, -0.25) is 9.59 Å². The highest BCUT2D eigenvalue weighted by molar-refractivity contribution is 6.49. The molecule has 1 aliphatic carbocycles. The number of ether oxygens (including phenoxy) is 1. The molecule has 0 saturated heterocycles. The zero-order valence-corrected chi connectivity index (χ0v) is 8.73. The Labute approximate surface area is 90.8 Å². The number of carbonyl (C=O) groups is 3. The van der Waals surface area contributed by atoms with Gasteiger partial charge in [0, 0.05) is 5.57 Å². The number of Topliss-reactive ketones (excluding diaryl/α,β-unsaturated/α-hetero) is 2. The molecule has 1 aliphatic rings. The molecule has 6 nitrogen and oxygen atoms in total. The molecule has 0 spiro atoms. The van der Waals surface area contributed by atoms with Crippen molar-refractivity contribution < 1.29 is 29.3 Å². The van der Waals surface area contributed by atoms with E-state index >= 15 is 0 Å². The molecular formula is C10H10O6. The van der Waals surface area contributed by atoms with Crippen LogP contribution in [0.5, 0.6) is 0 Å². The maximum Gasteiger partial charge on any atom is 0.379 e. The molecule has 2 N–H and O–H groups in total. The van der Waals surface area contributed by atoms with E-state index in [-0.39, 0.29) is 12.2 Å². The van der Waals surface area contributed by atoms with Crippen molar-refractivity contribution >= 4 is 17.5 Å². The van der Waals surface area contributed by atoms with Gasteiger partial charge in [0.15, 0.2) is 5.76 Å². The zero-order valence-electron chi connectivity index (χ0n) is 8.73. The van der Waals surface area contributed by atoms with Crippen molar-refractivity contribution in [3.8, 4) is 0 Å². The van der Waals surface area contributed by atoms with Crippen LogP contribution in [-0.2, 0) is 19.1 Å². The number of hydrogen-bond donors (Lipinski definition) is 2. The smallest absolute Gasteiger partial charge is 0.379 e. The van der Waals surface area contributed by atoms with E-state index in [1.54, 1.807) is 0 Å². The molecule has 0 aliphatic heterocycles. The SMILES string of the molecule is CCOC(=O)C(=O)C1=C(O)C(C)=C(O)C1=O. The Hall–Kier alpha value is -2.11. The van der Waals surface area contributed by atoms with Gasteiger partial charge < -0.3 is 14.9 Å². The lowest BCUT2D eigenvalue weighted by Gasteiger charge is -2.01. The minimum atomic E-state index is -1.26. The molecule has 0 heterocycles. The van der Waals surface area contributed by atoms with Crippen LogP contribution in [0.3, 0.4) is 0 Å². The fraction of sp³-hybridized carbons (Fsp3) is 0.300. The van der Waals surface area contributed by atoms with E-state index in [0.29, 0.717) is 0 Å². The minimum Gasteiger partial charge on any atom is -0.507 e. The van der Waals surface area contributed by atoms with Crippen LogP contribution in [0.1, 0.15) is 13.8 Å². The average Bonchev–Trinajstić information content (AvgIpc) is 2.43. The van der Waals surface area contributed by atoms with Gasteiger partial charge in [-0.2, -0.15) is 0 Å². The van der Waals surface area contributed by atoms with Gasteiger partial charge >= 0.3 is 5.97 Å². The number of aliphatic hydroxyl groups is 2. The Morgan fingerprint density at radius 1 is 1.25 bits per heavy atom. The summed E-state index contributed by atoms with van der Waals surface area (Å²) in [5.74, 6) is -4.97. The summed E-state index contributed by atoms with van der Waals surface area (Å²) in [6.07, 6.45) is 0. The Bertz CT molecular complexity index is 440. The monoisotopic (exact) mass is 226 g/mol. The van der Waals surface area contributed by atoms with Crippen LogP contribution < -0.4 is 0 Å². The summed E-state index contributed by atoms with van der Waals surface area (Å²) in [5.41, 5.74) is -0.869. The quantitative estimate of drug-likeness (QED) is 0.409. The van der Waals surface area contributed by atoms with E-state index in [9.17, 15) is 24.6 Å². The van der Waals surface area contributed by atoms with Gasteiger partial charge in [0.25, 0.3) is 5.78 Å². The van der Waals surface area contributed by atoms with Crippen molar-refractivity contribution in [2.24, 2.45) is 0 Å². The number of ketones is 2. The van der Waals surface area contributed by atoms with Crippen LogP contribution >= 0.6 is 0 Å². The first-order valence-corrected chi connectivity index (χ1v) is 4.51. The molecule has 0 bridgehead atoms. The predicted molar refractivity (Wildman–Crippen MR) is 51.6 cm³/mol. The number of aliphatic hydroxyl groups excluding tert-OH is 2. The minimum absolute atomic E-state index is 0.0226. The van der Waals surface area contributed by atoms with Crippen LogP contribution in [0.25, 0.3) is 0 Å². The first kappa shape index (κ1) is 12.0. The van der Waals surface area contributed by atoms with E-state index in [2.05, 4.69) is 4.74 Å². The number of hydrogen-bond acceptors (Lipinski definition) is 6. The largest absolute Gasteiger partial charge is 0.507 e. The molecule has 0 aromatic carbocycles. The van der Waals surface area contributed by atoms with Crippen molar-refractivity contribution in [2.45, 2.75) is 13.8 Å². The molecule has 0 unspecified atom stereocenters. The second kappa shape index (κ2) is 4.18. The van der Waals surface area contributed by atoms with Gasteiger partial charge in [-0.1, -0.05) is 0 Å². The van der Waals surface area contributed by atoms with Crippen molar-refractivity contribution in [3.05, 3.63) is 22.7 Å². The lowest BCUT2D eigenvalue weighted by molar-refractivity contribution is -0.152. The molecular weight excluding hydrogens is 216 g/mol. The second-order valence-corrected chi connectivity index (χ2v) is 3.08. The molecule has 0 aromatic heterocycles. The first-order valence-electron chi connectivity index (χ1n) is 4.51. The summed E-state index contributed by atoms with van der Waals surface area (Å²) in [7, 11) is 0. The van der Waals surface area contributed by atoms with Crippen molar-refractivity contribution in [2.75, 3.05) is 6.61 Å². The third-order valence-corrected chi connectivity index (χ3v) is 2.08. The Morgan fingerprint density at radius 3 is 2.19 bits per heavy atom. The molecule has 86 valence electrons. The molecule has 1 rings (SSSR count). The molecule has 0 fully saturated rings. The van der Waals surface area contributed by atoms with Crippen molar-refractivity contribution in [1.29, 1.82) is 0 Å². The molecule has 0 saturated carbocycles. The molecule has 6 heteroatoms. The highest BCUT2D eigenvalue weighted by Crippen LogP contribution is 2.26. The number of allylic oxidation sites excluding steroid dienone is 2. The number of carbonyl (C=O) groups excluding carboxylic acids is 3. The Balaban J connectivity index is 3.06. The summed E-state index contributed by atoms with van der Waals surface area (Å²) in [6, 6.07) is 0. The van der Waals surface area contributed by atoms with E-state index in [1.165, 1.54) is 13.8 Å². The normalized spacial score (nSPS) is 15.8.